The minimum absolute atomic E-state index is 0.00918. The van der Waals surface area contributed by atoms with Gasteiger partial charge in [-0.3, -0.25) is 14.2 Å². The summed E-state index contributed by atoms with van der Waals surface area (Å²) in [7, 11) is 4.12. The van der Waals surface area contributed by atoms with Crippen molar-refractivity contribution in [2.24, 2.45) is 5.92 Å². The van der Waals surface area contributed by atoms with Crippen LogP contribution in [-0.2, 0) is 11.3 Å². The first-order valence-electron chi connectivity index (χ1n) is 8.82. The molecule has 25 heavy (non-hydrogen) atoms. The van der Waals surface area contributed by atoms with Crippen LogP contribution in [0.2, 0.25) is 0 Å². The molecule has 2 aromatic rings. The number of carbonyl (C=O) groups is 1. The number of hydrogen-bond donors (Lipinski definition) is 0. The standard InChI is InChI=1S/C19H26N4O2/c1-5-14-10-22(11-17(14)21(3)4)18(24)12-23-13(2)20-16-9-7-6-8-15(16)19(23)25/h6-9,14,17H,5,10-12H2,1-4H3/t14-,17+/m0/s1. The minimum atomic E-state index is -0.146. The van der Waals surface area contributed by atoms with E-state index in [1.807, 2.05) is 23.1 Å². The lowest BCUT2D eigenvalue weighted by atomic mass is 10.0. The van der Waals surface area contributed by atoms with Crippen molar-refractivity contribution in [1.82, 2.24) is 19.4 Å². The number of likely N-dealkylation sites (tertiary alicyclic amines) is 1. The summed E-state index contributed by atoms with van der Waals surface area (Å²) in [5.41, 5.74) is 0.528. The molecule has 0 aliphatic carbocycles. The summed E-state index contributed by atoms with van der Waals surface area (Å²) in [6.07, 6.45) is 1.04. The highest BCUT2D eigenvalue weighted by Gasteiger charge is 2.35. The van der Waals surface area contributed by atoms with Gasteiger partial charge in [-0.05, 0) is 39.1 Å². The smallest absolute Gasteiger partial charge is 0.261 e. The Morgan fingerprint density at radius 3 is 2.64 bits per heavy atom. The number of hydrogen-bond acceptors (Lipinski definition) is 4. The summed E-state index contributed by atoms with van der Waals surface area (Å²) in [4.78, 5) is 34.1. The van der Waals surface area contributed by atoms with E-state index in [0.717, 1.165) is 19.5 Å². The van der Waals surface area contributed by atoms with Crippen molar-refractivity contribution < 1.29 is 4.79 Å². The van der Waals surface area contributed by atoms with Crippen LogP contribution in [0.5, 0.6) is 0 Å². The van der Waals surface area contributed by atoms with E-state index < -0.39 is 0 Å². The summed E-state index contributed by atoms with van der Waals surface area (Å²) >= 11 is 0. The average molecular weight is 342 g/mol. The molecule has 2 heterocycles. The van der Waals surface area contributed by atoms with Crippen molar-refractivity contribution in [1.29, 1.82) is 0 Å². The molecule has 1 aliphatic rings. The van der Waals surface area contributed by atoms with Crippen LogP contribution in [0, 0.1) is 12.8 Å². The molecule has 1 aromatic carbocycles. The van der Waals surface area contributed by atoms with Crippen LogP contribution in [0.3, 0.4) is 0 Å². The highest BCUT2D eigenvalue weighted by atomic mass is 16.2. The van der Waals surface area contributed by atoms with Gasteiger partial charge in [-0.15, -0.1) is 0 Å². The van der Waals surface area contributed by atoms with E-state index in [1.54, 1.807) is 13.0 Å². The lowest BCUT2D eigenvalue weighted by molar-refractivity contribution is -0.131. The second-order valence-electron chi connectivity index (χ2n) is 7.07. The van der Waals surface area contributed by atoms with E-state index in [4.69, 9.17) is 0 Å². The van der Waals surface area contributed by atoms with Gasteiger partial charge in [-0.25, -0.2) is 4.98 Å². The summed E-state index contributed by atoms with van der Waals surface area (Å²) in [5, 5.41) is 0.555. The summed E-state index contributed by atoms with van der Waals surface area (Å²) in [6, 6.07) is 7.64. The average Bonchev–Trinajstić information content (AvgIpc) is 3.03. The molecule has 134 valence electrons. The van der Waals surface area contributed by atoms with Crippen molar-refractivity contribution in [2.75, 3.05) is 27.2 Å². The number of para-hydroxylation sites is 1. The second-order valence-corrected chi connectivity index (χ2v) is 7.07. The maximum atomic E-state index is 12.8. The maximum Gasteiger partial charge on any atom is 0.261 e. The molecular weight excluding hydrogens is 316 g/mol. The minimum Gasteiger partial charge on any atom is -0.339 e. The SMILES string of the molecule is CC[C@H]1CN(C(=O)Cn2c(C)nc3ccccc3c2=O)C[C@H]1N(C)C. The van der Waals surface area contributed by atoms with E-state index in [2.05, 4.69) is 30.9 Å². The highest BCUT2D eigenvalue weighted by molar-refractivity contribution is 5.79. The molecule has 1 aliphatic heterocycles. The predicted molar refractivity (Wildman–Crippen MR) is 98.6 cm³/mol. The molecule has 1 aromatic heterocycles. The van der Waals surface area contributed by atoms with Crippen LogP contribution < -0.4 is 5.56 Å². The third-order valence-corrected chi connectivity index (χ3v) is 5.29. The Balaban J connectivity index is 1.84. The van der Waals surface area contributed by atoms with Gasteiger partial charge >= 0.3 is 0 Å². The number of nitrogens with zero attached hydrogens (tertiary/aromatic N) is 4. The zero-order chi connectivity index (χ0) is 18.1. The molecule has 2 atom stereocenters. The third kappa shape index (κ3) is 3.31. The first-order chi connectivity index (χ1) is 11.9. The zero-order valence-electron chi connectivity index (χ0n) is 15.4. The van der Waals surface area contributed by atoms with Crippen molar-refractivity contribution in [3.05, 3.63) is 40.4 Å². The molecule has 0 spiro atoms. The number of fused-ring (bicyclic) bond motifs is 1. The van der Waals surface area contributed by atoms with Gasteiger partial charge in [0.2, 0.25) is 5.91 Å². The number of aryl methyl sites for hydroxylation is 1. The van der Waals surface area contributed by atoms with Gasteiger partial charge in [0, 0.05) is 19.1 Å². The zero-order valence-corrected chi connectivity index (χ0v) is 15.4. The molecule has 0 N–H and O–H groups in total. The quantitative estimate of drug-likeness (QED) is 0.845. The third-order valence-electron chi connectivity index (χ3n) is 5.29. The van der Waals surface area contributed by atoms with Crippen LogP contribution in [0.15, 0.2) is 29.1 Å². The molecule has 6 nitrogen and oxygen atoms in total. The van der Waals surface area contributed by atoms with Crippen molar-refractivity contribution in [3.8, 4) is 0 Å². The summed E-state index contributed by atoms with van der Waals surface area (Å²) < 4.78 is 1.49. The van der Waals surface area contributed by atoms with Crippen LogP contribution in [0.4, 0.5) is 0 Å². The van der Waals surface area contributed by atoms with E-state index in [1.165, 1.54) is 4.57 Å². The van der Waals surface area contributed by atoms with Crippen molar-refractivity contribution in [3.63, 3.8) is 0 Å². The molecular formula is C19H26N4O2. The lowest BCUT2D eigenvalue weighted by Crippen LogP contribution is -2.38. The van der Waals surface area contributed by atoms with E-state index >= 15 is 0 Å². The first kappa shape index (κ1) is 17.6. The molecule has 3 rings (SSSR count). The van der Waals surface area contributed by atoms with Crippen molar-refractivity contribution in [2.45, 2.75) is 32.9 Å². The van der Waals surface area contributed by atoms with Gasteiger partial charge in [0.1, 0.15) is 12.4 Å². The Labute approximate surface area is 148 Å². The number of aromatic nitrogens is 2. The lowest BCUT2D eigenvalue weighted by Gasteiger charge is -2.23. The van der Waals surface area contributed by atoms with Gasteiger partial charge in [-0.1, -0.05) is 25.5 Å². The number of likely N-dealkylation sites (N-methyl/N-ethyl adjacent to an activating group) is 1. The van der Waals surface area contributed by atoms with Crippen LogP contribution in [-0.4, -0.2) is 58.5 Å². The monoisotopic (exact) mass is 342 g/mol. The topological polar surface area (TPSA) is 58.4 Å². The molecule has 6 heteroatoms. The summed E-state index contributed by atoms with van der Waals surface area (Å²) in [6.45, 7) is 5.48. The van der Waals surface area contributed by atoms with Gasteiger partial charge in [0.15, 0.2) is 0 Å². The van der Waals surface area contributed by atoms with Crippen LogP contribution in [0.25, 0.3) is 10.9 Å². The van der Waals surface area contributed by atoms with Crippen molar-refractivity contribution >= 4 is 16.8 Å². The van der Waals surface area contributed by atoms with Crippen LogP contribution in [0.1, 0.15) is 19.2 Å². The Kier molecular flexibility index (Phi) is 4.90. The van der Waals surface area contributed by atoms with E-state index in [9.17, 15) is 9.59 Å². The molecule has 1 amide bonds. The van der Waals surface area contributed by atoms with Gasteiger partial charge in [0.25, 0.3) is 5.56 Å². The number of rotatable bonds is 4. The number of amides is 1. The van der Waals surface area contributed by atoms with Gasteiger partial charge in [0.05, 0.1) is 10.9 Å². The normalized spacial score (nSPS) is 20.6. The number of benzene rings is 1. The Morgan fingerprint density at radius 2 is 2.00 bits per heavy atom. The fourth-order valence-electron chi connectivity index (χ4n) is 3.74. The predicted octanol–water partition coefficient (Wildman–Crippen LogP) is 1.50. The van der Waals surface area contributed by atoms with E-state index in [0.29, 0.717) is 28.7 Å². The summed E-state index contributed by atoms with van der Waals surface area (Å²) in [5.74, 6) is 1.05. The Morgan fingerprint density at radius 1 is 1.28 bits per heavy atom. The largest absolute Gasteiger partial charge is 0.339 e. The highest BCUT2D eigenvalue weighted by Crippen LogP contribution is 2.23. The fraction of sp³-hybridized carbons (Fsp3) is 0.526. The maximum absolute atomic E-state index is 12.8. The molecule has 0 saturated carbocycles. The fourth-order valence-corrected chi connectivity index (χ4v) is 3.74. The Hall–Kier alpha value is -2.21. The van der Waals surface area contributed by atoms with Gasteiger partial charge < -0.3 is 9.80 Å². The second kappa shape index (κ2) is 6.96. The van der Waals surface area contributed by atoms with Gasteiger partial charge in [-0.2, -0.15) is 0 Å². The molecule has 1 fully saturated rings. The number of carbonyl (C=O) groups excluding carboxylic acids is 1. The molecule has 0 unspecified atom stereocenters. The van der Waals surface area contributed by atoms with Crippen LogP contribution >= 0.6 is 0 Å². The first-order valence-corrected chi connectivity index (χ1v) is 8.82. The van der Waals surface area contributed by atoms with E-state index in [-0.39, 0.29) is 18.0 Å². The molecule has 0 radical (unpaired) electrons. The molecule has 1 saturated heterocycles. The molecule has 0 bridgehead atoms. The Bertz CT molecular complexity index is 843.